The van der Waals surface area contributed by atoms with Crippen molar-refractivity contribution >= 4 is 27.6 Å². The van der Waals surface area contributed by atoms with Crippen molar-refractivity contribution in [3.63, 3.8) is 0 Å². The molecule has 118 valence electrons. The second-order valence-corrected chi connectivity index (χ2v) is 9.04. The molecule has 5 nitrogen and oxygen atoms in total. The van der Waals surface area contributed by atoms with E-state index in [4.69, 9.17) is 0 Å². The fraction of sp³-hybridized carbons (Fsp3) is 0.643. The fourth-order valence-corrected chi connectivity index (χ4v) is 4.33. The number of nitrogens with one attached hydrogen (secondary N) is 1. The summed E-state index contributed by atoms with van der Waals surface area (Å²) in [5.74, 6) is 0.730. The van der Waals surface area contributed by atoms with Gasteiger partial charge in [-0.1, -0.05) is 12.8 Å². The van der Waals surface area contributed by atoms with Gasteiger partial charge in [-0.3, -0.25) is 0 Å². The minimum atomic E-state index is -3.40. The van der Waals surface area contributed by atoms with Gasteiger partial charge in [-0.05, 0) is 31.2 Å². The largest absolute Gasteiger partial charge is 0.369 e. The second kappa shape index (κ2) is 6.54. The Labute approximate surface area is 131 Å². The maximum absolute atomic E-state index is 12.0. The van der Waals surface area contributed by atoms with Crippen LogP contribution in [0.25, 0.3) is 0 Å². The van der Waals surface area contributed by atoms with Crippen LogP contribution in [0.2, 0.25) is 0 Å². The van der Waals surface area contributed by atoms with Gasteiger partial charge in [0.25, 0.3) is 0 Å². The smallest absolute Gasteiger partial charge is 0.244 e. The van der Waals surface area contributed by atoms with E-state index >= 15 is 0 Å². The predicted molar refractivity (Wildman–Crippen MR) is 88.3 cm³/mol. The van der Waals surface area contributed by atoms with Crippen molar-refractivity contribution < 1.29 is 8.42 Å². The van der Waals surface area contributed by atoms with Crippen molar-refractivity contribution in [2.45, 2.75) is 35.3 Å². The average molecular weight is 329 g/mol. The van der Waals surface area contributed by atoms with Gasteiger partial charge in [0.2, 0.25) is 10.0 Å². The Morgan fingerprint density at radius 1 is 1.33 bits per heavy atom. The Morgan fingerprint density at radius 2 is 2.00 bits per heavy atom. The van der Waals surface area contributed by atoms with Crippen LogP contribution in [0.4, 0.5) is 5.82 Å². The highest BCUT2D eigenvalue weighted by Crippen LogP contribution is 2.40. The third kappa shape index (κ3) is 3.70. The van der Waals surface area contributed by atoms with Crippen molar-refractivity contribution in [2.24, 2.45) is 0 Å². The van der Waals surface area contributed by atoms with Crippen LogP contribution in [0, 0.1) is 0 Å². The molecule has 1 aromatic rings. The van der Waals surface area contributed by atoms with Crippen LogP contribution < -0.4 is 5.32 Å². The number of aromatic nitrogens is 1. The van der Waals surface area contributed by atoms with Gasteiger partial charge in [-0.15, -0.1) is 0 Å². The number of anilines is 1. The Hall–Kier alpha value is -0.790. The first kappa shape index (κ1) is 16.6. The van der Waals surface area contributed by atoms with E-state index < -0.39 is 10.0 Å². The zero-order valence-electron chi connectivity index (χ0n) is 12.8. The average Bonchev–Trinajstić information content (AvgIpc) is 2.95. The highest BCUT2D eigenvalue weighted by Gasteiger charge is 2.32. The van der Waals surface area contributed by atoms with Gasteiger partial charge < -0.3 is 5.32 Å². The molecule has 1 aliphatic carbocycles. The van der Waals surface area contributed by atoms with Gasteiger partial charge >= 0.3 is 0 Å². The minimum absolute atomic E-state index is 0.221. The number of pyridine rings is 1. The molecule has 0 unspecified atom stereocenters. The molecule has 7 heteroatoms. The molecule has 21 heavy (non-hydrogen) atoms. The number of sulfonamides is 1. The lowest BCUT2D eigenvalue weighted by molar-refractivity contribution is 0.520. The standard InChI is InChI=1S/C14H23N3O2S2/c1-17(2)21(18,19)12-6-7-13(15-10-12)16-11-14(20-3)8-4-5-9-14/h6-7,10H,4-5,8-9,11H2,1-3H3,(H,15,16). The van der Waals surface area contributed by atoms with Crippen molar-refractivity contribution in [1.29, 1.82) is 0 Å². The summed E-state index contributed by atoms with van der Waals surface area (Å²) in [6.07, 6.45) is 8.61. The van der Waals surface area contributed by atoms with Crippen molar-refractivity contribution in [3.05, 3.63) is 18.3 Å². The summed E-state index contributed by atoms with van der Waals surface area (Å²) >= 11 is 1.92. The number of hydrogen-bond donors (Lipinski definition) is 1. The molecule has 0 bridgehead atoms. The molecular weight excluding hydrogens is 306 g/mol. The van der Waals surface area contributed by atoms with Gasteiger partial charge in [0.15, 0.2) is 0 Å². The van der Waals surface area contributed by atoms with E-state index in [0.717, 1.165) is 12.4 Å². The molecule has 0 radical (unpaired) electrons. The third-order valence-electron chi connectivity index (χ3n) is 4.05. The maximum atomic E-state index is 12.0. The zero-order valence-corrected chi connectivity index (χ0v) is 14.4. The van der Waals surface area contributed by atoms with E-state index in [1.54, 1.807) is 12.1 Å². The molecule has 0 spiro atoms. The summed E-state index contributed by atoms with van der Waals surface area (Å²) in [5, 5.41) is 3.35. The molecular formula is C14H23N3O2S2. The first-order valence-electron chi connectivity index (χ1n) is 7.07. The molecule has 1 heterocycles. The highest BCUT2D eigenvalue weighted by molar-refractivity contribution is 8.00. The van der Waals surface area contributed by atoms with Gasteiger partial charge in [0, 0.05) is 31.6 Å². The van der Waals surface area contributed by atoms with E-state index in [1.807, 2.05) is 11.8 Å². The third-order valence-corrected chi connectivity index (χ3v) is 7.27. The summed E-state index contributed by atoms with van der Waals surface area (Å²) in [5.41, 5.74) is 0. The Kier molecular flexibility index (Phi) is 5.16. The maximum Gasteiger partial charge on any atom is 0.244 e. The molecule has 2 rings (SSSR count). The first-order chi connectivity index (χ1) is 9.89. The molecule has 0 atom stereocenters. The quantitative estimate of drug-likeness (QED) is 0.868. The van der Waals surface area contributed by atoms with Crippen LogP contribution in [-0.2, 0) is 10.0 Å². The van der Waals surface area contributed by atoms with E-state index in [1.165, 1.54) is 50.3 Å². The van der Waals surface area contributed by atoms with E-state index in [0.29, 0.717) is 4.75 Å². The normalized spacial score (nSPS) is 18.1. The lowest BCUT2D eigenvalue weighted by Crippen LogP contribution is -2.30. The Balaban J connectivity index is 2.03. The van der Waals surface area contributed by atoms with Gasteiger partial charge in [0.05, 0.1) is 0 Å². The summed E-state index contributed by atoms with van der Waals surface area (Å²) in [6, 6.07) is 3.34. The van der Waals surface area contributed by atoms with E-state index in [9.17, 15) is 8.42 Å². The molecule has 0 amide bonds. The lowest BCUT2D eigenvalue weighted by Gasteiger charge is -2.27. The monoisotopic (exact) mass is 329 g/mol. The molecule has 0 aromatic carbocycles. The summed E-state index contributed by atoms with van der Waals surface area (Å²) in [7, 11) is -0.367. The highest BCUT2D eigenvalue weighted by atomic mass is 32.2. The van der Waals surface area contributed by atoms with Crippen LogP contribution in [0.3, 0.4) is 0 Å². The summed E-state index contributed by atoms with van der Waals surface area (Å²) in [6.45, 7) is 0.876. The predicted octanol–water partition coefficient (Wildman–Crippen LogP) is 2.42. The van der Waals surface area contributed by atoms with Gasteiger partial charge in [0.1, 0.15) is 10.7 Å². The number of nitrogens with zero attached hydrogens (tertiary/aromatic N) is 2. The topological polar surface area (TPSA) is 62.3 Å². The fourth-order valence-electron chi connectivity index (χ4n) is 2.57. The summed E-state index contributed by atoms with van der Waals surface area (Å²) in [4.78, 5) is 4.45. The van der Waals surface area contributed by atoms with Crippen LogP contribution in [0.15, 0.2) is 23.2 Å². The lowest BCUT2D eigenvalue weighted by atomic mass is 10.1. The number of hydrogen-bond acceptors (Lipinski definition) is 5. The van der Waals surface area contributed by atoms with E-state index in [-0.39, 0.29) is 4.90 Å². The number of thioether (sulfide) groups is 1. The van der Waals surface area contributed by atoms with Crippen LogP contribution in [0.5, 0.6) is 0 Å². The zero-order chi connectivity index (χ0) is 15.5. The van der Waals surface area contributed by atoms with Crippen LogP contribution in [0.1, 0.15) is 25.7 Å². The van der Waals surface area contributed by atoms with Gasteiger partial charge in [-0.2, -0.15) is 11.8 Å². The molecule has 1 aromatic heterocycles. The molecule has 1 aliphatic rings. The van der Waals surface area contributed by atoms with Crippen molar-refractivity contribution in [3.8, 4) is 0 Å². The van der Waals surface area contributed by atoms with E-state index in [2.05, 4.69) is 16.6 Å². The summed E-state index contributed by atoms with van der Waals surface area (Å²) < 4.78 is 25.4. The molecule has 0 aliphatic heterocycles. The minimum Gasteiger partial charge on any atom is -0.369 e. The SMILES string of the molecule is CSC1(CNc2ccc(S(=O)(=O)N(C)C)cn2)CCCC1. The van der Waals surface area contributed by atoms with Gasteiger partial charge in [-0.25, -0.2) is 17.7 Å². The van der Waals surface area contributed by atoms with Crippen LogP contribution >= 0.6 is 11.8 Å². The number of rotatable bonds is 6. The Morgan fingerprint density at radius 3 is 2.48 bits per heavy atom. The molecule has 1 N–H and O–H groups in total. The van der Waals surface area contributed by atoms with Crippen molar-refractivity contribution in [1.82, 2.24) is 9.29 Å². The molecule has 0 saturated heterocycles. The van der Waals surface area contributed by atoms with Crippen molar-refractivity contribution in [2.75, 3.05) is 32.2 Å². The van der Waals surface area contributed by atoms with Crippen LogP contribution in [-0.4, -0.2) is 49.3 Å². The molecule has 1 saturated carbocycles. The first-order valence-corrected chi connectivity index (χ1v) is 9.74. The second-order valence-electron chi connectivity index (χ2n) is 5.61. The Bertz CT molecular complexity index is 564. The molecule has 1 fully saturated rings.